The SMILES string of the molecule is Cc1ccc(C)c(C(C)n2ncc3nc(-n4cc(C(=O)O)cn4)[nH]c(=O)c32)c1. The number of rotatable bonds is 4. The molecule has 3 aromatic heterocycles. The number of hydrogen-bond donors (Lipinski definition) is 2. The molecule has 0 fully saturated rings. The molecule has 1 atom stereocenters. The summed E-state index contributed by atoms with van der Waals surface area (Å²) in [4.78, 5) is 30.8. The molecular formula is C19H18N6O3. The van der Waals surface area contributed by atoms with E-state index in [1.807, 2.05) is 32.9 Å². The molecule has 1 aromatic carbocycles. The summed E-state index contributed by atoms with van der Waals surface area (Å²) in [6.07, 6.45) is 4.01. The first-order valence-corrected chi connectivity index (χ1v) is 8.68. The molecule has 0 bridgehead atoms. The smallest absolute Gasteiger partial charge is 0.338 e. The Kier molecular flexibility index (Phi) is 4.07. The summed E-state index contributed by atoms with van der Waals surface area (Å²) in [5.74, 6) is -0.978. The summed E-state index contributed by atoms with van der Waals surface area (Å²) >= 11 is 0. The molecule has 0 amide bonds. The van der Waals surface area contributed by atoms with E-state index in [4.69, 9.17) is 5.11 Å². The number of nitrogens with one attached hydrogen (secondary N) is 1. The van der Waals surface area contributed by atoms with Gasteiger partial charge >= 0.3 is 5.97 Å². The van der Waals surface area contributed by atoms with E-state index in [-0.39, 0.29) is 23.1 Å². The Morgan fingerprint density at radius 2 is 2.00 bits per heavy atom. The summed E-state index contributed by atoms with van der Waals surface area (Å²) < 4.78 is 2.87. The fraction of sp³-hybridized carbons (Fsp3) is 0.211. The molecule has 1 unspecified atom stereocenters. The van der Waals surface area contributed by atoms with E-state index in [0.29, 0.717) is 11.0 Å². The topological polar surface area (TPSA) is 119 Å². The Labute approximate surface area is 159 Å². The van der Waals surface area contributed by atoms with Gasteiger partial charge in [0.25, 0.3) is 5.56 Å². The highest BCUT2D eigenvalue weighted by Crippen LogP contribution is 2.24. The van der Waals surface area contributed by atoms with Crippen molar-refractivity contribution < 1.29 is 9.90 Å². The summed E-state index contributed by atoms with van der Waals surface area (Å²) in [7, 11) is 0. The van der Waals surface area contributed by atoms with E-state index in [1.54, 1.807) is 4.68 Å². The maximum atomic E-state index is 12.8. The van der Waals surface area contributed by atoms with Crippen LogP contribution in [0.1, 0.15) is 40.0 Å². The van der Waals surface area contributed by atoms with Crippen LogP contribution < -0.4 is 5.56 Å². The van der Waals surface area contributed by atoms with Gasteiger partial charge in [0.15, 0.2) is 5.52 Å². The van der Waals surface area contributed by atoms with Gasteiger partial charge in [0, 0.05) is 6.20 Å². The maximum absolute atomic E-state index is 12.8. The second-order valence-electron chi connectivity index (χ2n) is 6.73. The van der Waals surface area contributed by atoms with Gasteiger partial charge in [-0.3, -0.25) is 14.5 Å². The summed E-state index contributed by atoms with van der Waals surface area (Å²) in [5, 5.41) is 17.4. The molecule has 3 heterocycles. The number of benzene rings is 1. The fourth-order valence-electron chi connectivity index (χ4n) is 3.25. The van der Waals surface area contributed by atoms with E-state index < -0.39 is 5.97 Å². The highest BCUT2D eigenvalue weighted by atomic mass is 16.4. The molecule has 9 nitrogen and oxygen atoms in total. The normalized spacial score (nSPS) is 12.4. The van der Waals surface area contributed by atoms with Crippen LogP contribution in [0, 0.1) is 13.8 Å². The Balaban J connectivity index is 1.81. The van der Waals surface area contributed by atoms with Gasteiger partial charge in [-0.2, -0.15) is 10.2 Å². The second-order valence-corrected chi connectivity index (χ2v) is 6.73. The quantitative estimate of drug-likeness (QED) is 0.562. The van der Waals surface area contributed by atoms with Gasteiger partial charge in [-0.25, -0.2) is 14.5 Å². The first-order chi connectivity index (χ1) is 13.3. The zero-order chi connectivity index (χ0) is 20.0. The molecule has 0 aliphatic rings. The third-order valence-electron chi connectivity index (χ3n) is 4.74. The summed E-state index contributed by atoms with van der Waals surface area (Å²) in [6, 6.07) is 6.02. The number of aryl methyl sites for hydroxylation is 2. The molecule has 0 radical (unpaired) electrons. The van der Waals surface area contributed by atoms with Gasteiger partial charge in [0.05, 0.1) is 24.0 Å². The Bertz CT molecular complexity index is 1270. The molecule has 0 saturated carbocycles. The molecule has 142 valence electrons. The van der Waals surface area contributed by atoms with E-state index in [0.717, 1.165) is 16.7 Å². The Morgan fingerprint density at radius 3 is 2.71 bits per heavy atom. The Hall–Kier alpha value is -3.75. The van der Waals surface area contributed by atoms with E-state index >= 15 is 0 Å². The lowest BCUT2D eigenvalue weighted by molar-refractivity contribution is 0.0697. The van der Waals surface area contributed by atoms with Crippen LogP contribution in [0.5, 0.6) is 0 Å². The zero-order valence-electron chi connectivity index (χ0n) is 15.5. The van der Waals surface area contributed by atoms with Crippen molar-refractivity contribution in [1.82, 2.24) is 29.5 Å². The van der Waals surface area contributed by atoms with Crippen LogP contribution in [-0.4, -0.2) is 40.6 Å². The molecular weight excluding hydrogens is 360 g/mol. The highest BCUT2D eigenvalue weighted by molar-refractivity contribution is 5.87. The van der Waals surface area contributed by atoms with Gasteiger partial charge in [-0.1, -0.05) is 23.8 Å². The van der Waals surface area contributed by atoms with Crippen molar-refractivity contribution in [2.45, 2.75) is 26.8 Å². The monoisotopic (exact) mass is 378 g/mol. The van der Waals surface area contributed by atoms with Gasteiger partial charge in [0.2, 0.25) is 5.95 Å². The van der Waals surface area contributed by atoms with Crippen molar-refractivity contribution in [2.24, 2.45) is 0 Å². The number of aromatic nitrogens is 6. The van der Waals surface area contributed by atoms with Crippen LogP contribution in [0.3, 0.4) is 0 Å². The maximum Gasteiger partial charge on any atom is 0.338 e. The molecule has 0 saturated heterocycles. The molecule has 0 spiro atoms. The van der Waals surface area contributed by atoms with Crippen LogP contribution in [0.4, 0.5) is 0 Å². The highest BCUT2D eigenvalue weighted by Gasteiger charge is 2.19. The second kappa shape index (κ2) is 6.45. The standard InChI is InChI=1S/C19H18N6O3/c1-10-4-5-11(2)14(6-10)12(3)25-16-15(8-21-25)22-19(23-17(16)26)24-9-13(7-20-24)18(27)28/h4-9,12H,1-3H3,(H,27,28)(H,22,23,26). The number of hydrogen-bond acceptors (Lipinski definition) is 5. The minimum absolute atomic E-state index is 0.00184. The summed E-state index contributed by atoms with van der Waals surface area (Å²) in [6.45, 7) is 6.02. The number of carboxylic acids is 1. The zero-order valence-corrected chi connectivity index (χ0v) is 15.5. The number of aromatic amines is 1. The molecule has 9 heteroatoms. The van der Waals surface area contributed by atoms with Crippen molar-refractivity contribution in [2.75, 3.05) is 0 Å². The lowest BCUT2D eigenvalue weighted by atomic mass is 10.00. The van der Waals surface area contributed by atoms with Crippen molar-refractivity contribution in [3.05, 3.63) is 69.4 Å². The van der Waals surface area contributed by atoms with E-state index in [2.05, 4.69) is 26.2 Å². The van der Waals surface area contributed by atoms with Gasteiger partial charge in [-0.15, -0.1) is 0 Å². The molecule has 4 aromatic rings. The fourth-order valence-corrected chi connectivity index (χ4v) is 3.25. The molecule has 0 aliphatic carbocycles. The number of carbonyl (C=O) groups is 1. The number of aromatic carboxylic acids is 1. The molecule has 0 aliphatic heterocycles. The summed E-state index contributed by atoms with van der Waals surface area (Å²) in [5.41, 5.74) is 3.70. The van der Waals surface area contributed by atoms with Crippen molar-refractivity contribution in [3.63, 3.8) is 0 Å². The number of H-pyrrole nitrogens is 1. The van der Waals surface area contributed by atoms with Crippen LogP contribution in [0.15, 0.2) is 41.6 Å². The van der Waals surface area contributed by atoms with Crippen molar-refractivity contribution in [1.29, 1.82) is 0 Å². The van der Waals surface area contributed by atoms with Gasteiger partial charge in [0.1, 0.15) is 5.52 Å². The van der Waals surface area contributed by atoms with Gasteiger partial charge < -0.3 is 5.11 Å². The average molecular weight is 378 g/mol. The van der Waals surface area contributed by atoms with Crippen LogP contribution in [-0.2, 0) is 0 Å². The Morgan fingerprint density at radius 1 is 1.21 bits per heavy atom. The van der Waals surface area contributed by atoms with E-state index in [9.17, 15) is 9.59 Å². The first kappa shape index (κ1) is 17.7. The lowest BCUT2D eigenvalue weighted by Crippen LogP contribution is -2.19. The lowest BCUT2D eigenvalue weighted by Gasteiger charge is -2.17. The van der Waals surface area contributed by atoms with Crippen LogP contribution >= 0.6 is 0 Å². The molecule has 2 N–H and O–H groups in total. The predicted octanol–water partition coefficient (Wildman–Crippen LogP) is 2.23. The van der Waals surface area contributed by atoms with Crippen LogP contribution in [0.25, 0.3) is 17.0 Å². The third-order valence-corrected chi connectivity index (χ3v) is 4.74. The average Bonchev–Trinajstić information content (AvgIpc) is 3.30. The van der Waals surface area contributed by atoms with Gasteiger partial charge in [-0.05, 0) is 31.9 Å². The minimum atomic E-state index is -1.11. The third kappa shape index (κ3) is 2.86. The number of nitrogens with zero attached hydrogens (tertiary/aromatic N) is 5. The van der Waals surface area contributed by atoms with Crippen LogP contribution in [0.2, 0.25) is 0 Å². The van der Waals surface area contributed by atoms with E-state index in [1.165, 1.54) is 23.3 Å². The minimum Gasteiger partial charge on any atom is -0.478 e. The van der Waals surface area contributed by atoms with Crippen molar-refractivity contribution in [3.8, 4) is 5.95 Å². The molecule has 28 heavy (non-hydrogen) atoms. The first-order valence-electron chi connectivity index (χ1n) is 8.68. The molecule has 4 rings (SSSR count). The van der Waals surface area contributed by atoms with Crippen molar-refractivity contribution >= 4 is 17.0 Å². The number of carboxylic acid groups (broad SMARTS) is 1. The predicted molar refractivity (Wildman–Crippen MR) is 102 cm³/mol. The largest absolute Gasteiger partial charge is 0.478 e. The number of fused-ring (bicyclic) bond motifs is 1.